The first kappa shape index (κ1) is 27.1. The third kappa shape index (κ3) is 5.48. The number of phenolic OH excluding ortho intramolecular Hbond substituents is 1. The summed E-state index contributed by atoms with van der Waals surface area (Å²) in [5, 5.41) is 13.9. The highest BCUT2D eigenvalue weighted by Crippen LogP contribution is 2.34. The summed E-state index contributed by atoms with van der Waals surface area (Å²) in [4.78, 5) is 44.3. The van der Waals surface area contributed by atoms with Crippen molar-refractivity contribution in [3.05, 3.63) is 103 Å². The lowest BCUT2D eigenvalue weighted by atomic mass is 10.1. The number of carbonyl (C=O) groups excluding carboxylic acids is 1. The van der Waals surface area contributed by atoms with Gasteiger partial charge in [-0.15, -0.1) is 0 Å². The van der Waals surface area contributed by atoms with Crippen LogP contribution in [0.2, 0.25) is 0 Å². The number of aryl methyl sites for hydroxylation is 2. The Morgan fingerprint density at radius 1 is 0.975 bits per heavy atom. The second kappa shape index (κ2) is 11.0. The zero-order valence-electron chi connectivity index (χ0n) is 21.6. The number of ether oxygens (including phenoxy) is 1. The number of H-pyrrole nitrogens is 1. The van der Waals surface area contributed by atoms with Crippen LogP contribution in [-0.2, 0) is 0 Å². The number of halogens is 2. The van der Waals surface area contributed by atoms with E-state index in [9.17, 15) is 23.9 Å². The number of nitrogens with zero attached hydrogens (tertiary/aromatic N) is 4. The topological polar surface area (TPSA) is 121 Å². The summed E-state index contributed by atoms with van der Waals surface area (Å²) < 4.78 is 20.7. The quantitative estimate of drug-likeness (QED) is 0.352. The molecule has 12 heteroatoms. The Hall–Kier alpha value is -4.45. The number of hydrogen-bond donors (Lipinski definition) is 2. The van der Waals surface area contributed by atoms with Crippen LogP contribution in [0.5, 0.6) is 17.2 Å². The van der Waals surface area contributed by atoms with Crippen LogP contribution in [0, 0.1) is 19.7 Å². The summed E-state index contributed by atoms with van der Waals surface area (Å²) in [5.41, 5.74) is 0.531. The van der Waals surface area contributed by atoms with Crippen LogP contribution in [0.25, 0.3) is 5.69 Å². The van der Waals surface area contributed by atoms with Crippen molar-refractivity contribution in [1.29, 1.82) is 0 Å². The molecule has 1 saturated heterocycles. The van der Waals surface area contributed by atoms with Crippen LogP contribution < -0.4 is 20.9 Å². The summed E-state index contributed by atoms with van der Waals surface area (Å²) in [6.45, 7) is 5.23. The van der Waals surface area contributed by atoms with Crippen LogP contribution in [0.4, 0.5) is 10.1 Å². The molecule has 5 rings (SSSR count). The maximum Gasteiger partial charge on any atom is 0.349 e. The van der Waals surface area contributed by atoms with Crippen LogP contribution in [0.1, 0.15) is 21.6 Å². The minimum Gasteiger partial charge on any atom is -0.507 e. The highest BCUT2D eigenvalue weighted by Gasteiger charge is 2.26. The molecule has 0 unspecified atom stereocenters. The number of rotatable bonds is 5. The number of nitrogens with one attached hydrogen (secondary N) is 1. The average Bonchev–Trinajstić information content (AvgIpc) is 2.93. The number of anilines is 1. The van der Waals surface area contributed by atoms with E-state index in [1.807, 2.05) is 4.90 Å². The summed E-state index contributed by atoms with van der Waals surface area (Å²) in [6.07, 6.45) is 0. The van der Waals surface area contributed by atoms with E-state index in [-0.39, 0.29) is 17.3 Å². The van der Waals surface area contributed by atoms with Crippen molar-refractivity contribution in [2.75, 3.05) is 31.1 Å². The van der Waals surface area contributed by atoms with Gasteiger partial charge in [0.05, 0.1) is 10.2 Å². The molecule has 4 aromatic rings. The van der Waals surface area contributed by atoms with Crippen LogP contribution in [0.15, 0.2) is 68.7 Å². The molecule has 0 radical (unpaired) electrons. The number of aromatic nitrogens is 3. The molecule has 2 N–H and O–H groups in total. The Balaban J connectivity index is 1.38. The zero-order chi connectivity index (χ0) is 28.6. The normalized spacial score (nSPS) is 13.4. The lowest BCUT2D eigenvalue weighted by Gasteiger charge is -2.35. The number of aromatic amines is 1. The molecule has 40 heavy (non-hydrogen) atoms. The Morgan fingerprint density at radius 2 is 1.62 bits per heavy atom. The van der Waals surface area contributed by atoms with Crippen molar-refractivity contribution in [1.82, 2.24) is 19.7 Å². The Kier molecular flexibility index (Phi) is 7.44. The van der Waals surface area contributed by atoms with Gasteiger partial charge in [0, 0.05) is 31.9 Å². The Labute approximate surface area is 236 Å². The molecule has 1 aliphatic heterocycles. The predicted octanol–water partition coefficient (Wildman–Crippen LogP) is 3.90. The maximum absolute atomic E-state index is 13.3. The fraction of sp³-hybridized carbons (Fsp3) is 0.214. The predicted molar refractivity (Wildman–Crippen MR) is 150 cm³/mol. The van der Waals surface area contributed by atoms with Gasteiger partial charge >= 0.3 is 5.69 Å². The van der Waals surface area contributed by atoms with E-state index in [1.54, 1.807) is 50.2 Å². The first-order valence-electron chi connectivity index (χ1n) is 12.4. The van der Waals surface area contributed by atoms with Crippen molar-refractivity contribution in [3.8, 4) is 22.9 Å². The van der Waals surface area contributed by atoms with Crippen LogP contribution >= 0.6 is 15.9 Å². The molecule has 0 bridgehead atoms. The monoisotopic (exact) mass is 609 g/mol. The SMILES string of the molecule is Cc1cc(-n2nc(C(=O)N3CCN(c4ccc(F)cc4)CC3)c(=O)[nH]c2=O)cc(C)c1Oc1ccc(O)c(Br)c1. The molecule has 0 saturated carbocycles. The first-order valence-corrected chi connectivity index (χ1v) is 13.2. The van der Waals surface area contributed by atoms with Gasteiger partial charge in [-0.05, 0) is 95.5 Å². The van der Waals surface area contributed by atoms with E-state index in [4.69, 9.17) is 4.74 Å². The fourth-order valence-corrected chi connectivity index (χ4v) is 4.92. The molecule has 10 nitrogen and oxygen atoms in total. The van der Waals surface area contributed by atoms with Gasteiger partial charge in [0.2, 0.25) is 5.69 Å². The van der Waals surface area contributed by atoms with Gasteiger partial charge in [0.1, 0.15) is 23.1 Å². The van der Waals surface area contributed by atoms with E-state index in [0.717, 1.165) is 10.4 Å². The number of hydrogen-bond acceptors (Lipinski definition) is 7. The van der Waals surface area contributed by atoms with Crippen LogP contribution in [-0.4, -0.2) is 56.9 Å². The van der Waals surface area contributed by atoms with Gasteiger partial charge in [-0.3, -0.25) is 14.6 Å². The zero-order valence-corrected chi connectivity index (χ0v) is 23.2. The smallest absolute Gasteiger partial charge is 0.349 e. The van der Waals surface area contributed by atoms with Gasteiger partial charge in [-0.25, -0.2) is 9.18 Å². The van der Waals surface area contributed by atoms with Gasteiger partial charge in [-0.1, -0.05) is 0 Å². The third-order valence-electron chi connectivity index (χ3n) is 6.62. The highest BCUT2D eigenvalue weighted by atomic mass is 79.9. The first-order chi connectivity index (χ1) is 19.1. The summed E-state index contributed by atoms with van der Waals surface area (Å²) in [6, 6.07) is 14.2. The number of benzene rings is 3. The molecule has 2 heterocycles. The van der Waals surface area contributed by atoms with Crippen molar-refractivity contribution in [2.24, 2.45) is 0 Å². The largest absolute Gasteiger partial charge is 0.507 e. The third-order valence-corrected chi connectivity index (χ3v) is 7.25. The van der Waals surface area contributed by atoms with E-state index in [0.29, 0.717) is 59.0 Å². The molecule has 3 aromatic carbocycles. The highest BCUT2D eigenvalue weighted by molar-refractivity contribution is 9.10. The van der Waals surface area contributed by atoms with E-state index in [2.05, 4.69) is 26.0 Å². The summed E-state index contributed by atoms with van der Waals surface area (Å²) >= 11 is 3.26. The van der Waals surface area contributed by atoms with Gasteiger partial charge in [0.25, 0.3) is 11.5 Å². The van der Waals surface area contributed by atoms with E-state index < -0.39 is 17.2 Å². The summed E-state index contributed by atoms with van der Waals surface area (Å²) in [5.74, 6) is 0.223. The minimum atomic E-state index is -0.862. The lowest BCUT2D eigenvalue weighted by Crippen LogP contribution is -2.50. The second-order valence-corrected chi connectivity index (χ2v) is 10.3. The number of piperazine rings is 1. The number of carbonyl (C=O) groups is 1. The molecule has 0 atom stereocenters. The van der Waals surface area contributed by atoms with E-state index in [1.165, 1.54) is 23.1 Å². The number of amides is 1. The van der Waals surface area contributed by atoms with Gasteiger partial charge in [-0.2, -0.15) is 9.78 Å². The molecule has 1 fully saturated rings. The molecular formula is C28H25BrFN5O5. The van der Waals surface area contributed by atoms with Crippen molar-refractivity contribution in [3.63, 3.8) is 0 Å². The molecule has 1 aromatic heterocycles. The van der Waals surface area contributed by atoms with Gasteiger partial charge < -0.3 is 19.6 Å². The number of aromatic hydroxyl groups is 1. The Bertz CT molecular complexity index is 1690. The molecule has 206 valence electrons. The van der Waals surface area contributed by atoms with Crippen molar-refractivity contribution >= 4 is 27.5 Å². The molecule has 0 spiro atoms. The lowest BCUT2D eigenvalue weighted by molar-refractivity contribution is 0.0736. The maximum atomic E-state index is 13.3. The number of phenols is 1. The molecule has 1 aliphatic rings. The van der Waals surface area contributed by atoms with Crippen molar-refractivity contribution in [2.45, 2.75) is 13.8 Å². The second-order valence-electron chi connectivity index (χ2n) is 9.40. The molecule has 1 amide bonds. The molecular weight excluding hydrogens is 585 g/mol. The standard InChI is InChI=1S/C28H25BrFN5O5/c1-16-13-20(14-17(2)25(16)40-21-7-8-23(36)22(29)15-21)35-28(39)31-26(37)24(32-35)27(38)34-11-9-33(10-12-34)19-5-3-18(30)4-6-19/h3-8,13-15,36H,9-12H2,1-2H3,(H,31,37,39). The van der Waals surface area contributed by atoms with Gasteiger partial charge in [0.15, 0.2) is 0 Å². The van der Waals surface area contributed by atoms with Crippen molar-refractivity contribution < 1.29 is 19.0 Å². The molecule has 0 aliphatic carbocycles. The average molecular weight is 610 g/mol. The minimum absolute atomic E-state index is 0.0831. The summed E-state index contributed by atoms with van der Waals surface area (Å²) in [7, 11) is 0. The fourth-order valence-electron chi connectivity index (χ4n) is 4.56. The van der Waals surface area contributed by atoms with E-state index >= 15 is 0 Å². The Morgan fingerprint density at radius 3 is 2.25 bits per heavy atom. The van der Waals surface area contributed by atoms with Crippen LogP contribution in [0.3, 0.4) is 0 Å².